The van der Waals surface area contributed by atoms with Crippen LogP contribution >= 0.6 is 0 Å². The van der Waals surface area contributed by atoms with E-state index < -0.39 is 12.8 Å². The molecule has 1 aliphatic rings. The molecular weight excluding hydrogens is 315 g/mol. The SMILES string of the molecule is NC(=O)C1CCN(C(=O)c2ccc(OCC(F)(F)F)nc2)CC1. The third kappa shape index (κ3) is 4.83. The van der Waals surface area contributed by atoms with E-state index in [1.54, 1.807) is 4.90 Å². The molecule has 0 atom stereocenters. The molecule has 0 bridgehead atoms. The molecule has 9 heteroatoms. The number of hydrogen-bond donors (Lipinski definition) is 1. The molecular formula is C14H16F3N3O3. The second kappa shape index (κ2) is 6.84. The zero-order valence-electron chi connectivity index (χ0n) is 12.2. The molecule has 1 saturated heterocycles. The predicted molar refractivity (Wildman–Crippen MR) is 73.6 cm³/mol. The summed E-state index contributed by atoms with van der Waals surface area (Å²) in [5.74, 6) is -1.09. The number of primary amides is 1. The van der Waals surface area contributed by atoms with Gasteiger partial charge in [-0.15, -0.1) is 0 Å². The van der Waals surface area contributed by atoms with E-state index >= 15 is 0 Å². The number of alkyl halides is 3. The topological polar surface area (TPSA) is 85.5 Å². The Morgan fingerprint density at radius 3 is 2.43 bits per heavy atom. The van der Waals surface area contributed by atoms with E-state index in [1.807, 2.05) is 0 Å². The fraction of sp³-hybridized carbons (Fsp3) is 0.500. The van der Waals surface area contributed by atoms with Gasteiger partial charge < -0.3 is 15.4 Å². The van der Waals surface area contributed by atoms with E-state index in [2.05, 4.69) is 9.72 Å². The summed E-state index contributed by atoms with van der Waals surface area (Å²) < 4.78 is 40.6. The number of nitrogens with two attached hydrogens (primary N) is 1. The van der Waals surface area contributed by atoms with Crippen LogP contribution in [0.3, 0.4) is 0 Å². The third-order valence-electron chi connectivity index (χ3n) is 3.55. The lowest BCUT2D eigenvalue weighted by molar-refractivity contribution is -0.154. The maximum Gasteiger partial charge on any atom is 0.422 e. The molecule has 0 radical (unpaired) electrons. The largest absolute Gasteiger partial charge is 0.468 e. The van der Waals surface area contributed by atoms with Crippen LogP contribution < -0.4 is 10.5 Å². The van der Waals surface area contributed by atoms with Crippen LogP contribution in [0.2, 0.25) is 0 Å². The number of likely N-dealkylation sites (tertiary alicyclic amines) is 1. The van der Waals surface area contributed by atoms with E-state index in [0.717, 1.165) is 0 Å². The third-order valence-corrected chi connectivity index (χ3v) is 3.55. The molecule has 0 aromatic carbocycles. The maximum atomic E-state index is 12.3. The number of aromatic nitrogens is 1. The van der Waals surface area contributed by atoms with E-state index in [-0.39, 0.29) is 29.2 Å². The van der Waals surface area contributed by atoms with Gasteiger partial charge in [0.15, 0.2) is 6.61 Å². The number of piperidine rings is 1. The molecule has 1 aliphatic heterocycles. The van der Waals surface area contributed by atoms with Crippen molar-refractivity contribution in [3.63, 3.8) is 0 Å². The Kier molecular flexibility index (Phi) is 5.07. The van der Waals surface area contributed by atoms with Crippen LogP contribution in [-0.4, -0.2) is 47.6 Å². The van der Waals surface area contributed by atoms with Crippen LogP contribution in [0.1, 0.15) is 23.2 Å². The highest BCUT2D eigenvalue weighted by molar-refractivity contribution is 5.94. The minimum atomic E-state index is -4.44. The number of ether oxygens (including phenoxy) is 1. The number of nitrogens with zero attached hydrogens (tertiary/aromatic N) is 2. The van der Waals surface area contributed by atoms with Crippen LogP contribution in [-0.2, 0) is 4.79 Å². The molecule has 126 valence electrons. The number of amides is 2. The van der Waals surface area contributed by atoms with Gasteiger partial charge in [-0.3, -0.25) is 9.59 Å². The van der Waals surface area contributed by atoms with Gasteiger partial charge in [0.25, 0.3) is 5.91 Å². The van der Waals surface area contributed by atoms with Gasteiger partial charge in [0.05, 0.1) is 5.56 Å². The molecule has 6 nitrogen and oxygen atoms in total. The van der Waals surface area contributed by atoms with Crippen molar-refractivity contribution in [1.82, 2.24) is 9.88 Å². The summed E-state index contributed by atoms with van der Waals surface area (Å²) >= 11 is 0. The minimum Gasteiger partial charge on any atom is -0.468 e. The molecule has 2 N–H and O–H groups in total. The summed E-state index contributed by atoms with van der Waals surface area (Å²) in [6.07, 6.45) is -2.27. The van der Waals surface area contributed by atoms with Gasteiger partial charge in [0.1, 0.15) is 0 Å². The van der Waals surface area contributed by atoms with Gasteiger partial charge in [-0.05, 0) is 18.9 Å². The molecule has 0 unspecified atom stereocenters. The number of hydrogen-bond acceptors (Lipinski definition) is 4. The molecule has 1 fully saturated rings. The first kappa shape index (κ1) is 17.0. The summed E-state index contributed by atoms with van der Waals surface area (Å²) in [4.78, 5) is 28.6. The summed E-state index contributed by atoms with van der Waals surface area (Å²) in [5, 5.41) is 0. The highest BCUT2D eigenvalue weighted by Crippen LogP contribution is 2.20. The van der Waals surface area contributed by atoms with Crippen molar-refractivity contribution in [2.75, 3.05) is 19.7 Å². The van der Waals surface area contributed by atoms with Crippen LogP contribution in [0.15, 0.2) is 18.3 Å². The first-order valence-corrected chi connectivity index (χ1v) is 7.00. The normalized spacial score (nSPS) is 16.2. The Labute approximate surface area is 130 Å². The average molecular weight is 331 g/mol. The van der Waals surface area contributed by atoms with Crippen molar-refractivity contribution in [3.8, 4) is 5.88 Å². The zero-order chi connectivity index (χ0) is 17.0. The summed E-state index contributed by atoms with van der Waals surface area (Å²) in [6, 6.07) is 2.58. The molecule has 0 saturated carbocycles. The lowest BCUT2D eigenvalue weighted by Crippen LogP contribution is -2.41. The lowest BCUT2D eigenvalue weighted by atomic mass is 9.96. The van der Waals surface area contributed by atoms with Crippen LogP contribution in [0.4, 0.5) is 13.2 Å². The maximum absolute atomic E-state index is 12.3. The van der Waals surface area contributed by atoms with Crippen molar-refractivity contribution in [1.29, 1.82) is 0 Å². The van der Waals surface area contributed by atoms with Crippen molar-refractivity contribution in [2.45, 2.75) is 19.0 Å². The van der Waals surface area contributed by atoms with Gasteiger partial charge in [-0.25, -0.2) is 4.98 Å². The highest BCUT2D eigenvalue weighted by atomic mass is 19.4. The van der Waals surface area contributed by atoms with Gasteiger partial charge in [0.2, 0.25) is 11.8 Å². The first-order chi connectivity index (χ1) is 10.8. The second-order valence-electron chi connectivity index (χ2n) is 5.26. The Bertz CT molecular complexity index is 567. The van der Waals surface area contributed by atoms with Gasteiger partial charge in [-0.2, -0.15) is 13.2 Å². The average Bonchev–Trinajstić information content (AvgIpc) is 2.52. The zero-order valence-corrected chi connectivity index (χ0v) is 12.2. The Morgan fingerprint density at radius 2 is 1.96 bits per heavy atom. The van der Waals surface area contributed by atoms with Crippen molar-refractivity contribution >= 4 is 11.8 Å². The molecule has 0 spiro atoms. The number of halogens is 3. The molecule has 1 aromatic rings. The van der Waals surface area contributed by atoms with Crippen LogP contribution in [0.5, 0.6) is 5.88 Å². The second-order valence-corrected chi connectivity index (χ2v) is 5.26. The van der Waals surface area contributed by atoms with Gasteiger partial charge in [-0.1, -0.05) is 0 Å². The van der Waals surface area contributed by atoms with Crippen LogP contribution in [0, 0.1) is 5.92 Å². The van der Waals surface area contributed by atoms with Crippen molar-refractivity contribution in [2.24, 2.45) is 11.7 Å². The lowest BCUT2D eigenvalue weighted by Gasteiger charge is -2.30. The molecule has 2 rings (SSSR count). The van der Waals surface area contributed by atoms with E-state index in [4.69, 9.17) is 5.73 Å². The molecule has 2 amide bonds. The number of carbonyl (C=O) groups excluding carboxylic acids is 2. The Morgan fingerprint density at radius 1 is 1.30 bits per heavy atom. The summed E-state index contributed by atoms with van der Waals surface area (Å²) in [6.45, 7) is -0.633. The number of carbonyl (C=O) groups is 2. The molecule has 0 aliphatic carbocycles. The highest BCUT2D eigenvalue weighted by Gasteiger charge is 2.29. The first-order valence-electron chi connectivity index (χ1n) is 7.00. The summed E-state index contributed by atoms with van der Waals surface area (Å²) in [5.41, 5.74) is 5.48. The van der Waals surface area contributed by atoms with Gasteiger partial charge in [0, 0.05) is 31.3 Å². The summed E-state index contributed by atoms with van der Waals surface area (Å²) in [7, 11) is 0. The fourth-order valence-electron chi connectivity index (χ4n) is 2.30. The molecule has 2 heterocycles. The van der Waals surface area contributed by atoms with Gasteiger partial charge >= 0.3 is 6.18 Å². The quantitative estimate of drug-likeness (QED) is 0.903. The van der Waals surface area contributed by atoms with Crippen LogP contribution in [0.25, 0.3) is 0 Å². The number of pyridine rings is 1. The monoisotopic (exact) mass is 331 g/mol. The predicted octanol–water partition coefficient (Wildman–Crippen LogP) is 1.36. The van der Waals surface area contributed by atoms with E-state index in [9.17, 15) is 22.8 Å². The minimum absolute atomic E-state index is 0.202. The Balaban J connectivity index is 1.92. The number of rotatable bonds is 4. The Hall–Kier alpha value is -2.32. The fourth-order valence-corrected chi connectivity index (χ4v) is 2.30. The molecule has 1 aromatic heterocycles. The smallest absolute Gasteiger partial charge is 0.422 e. The van der Waals surface area contributed by atoms with Crippen molar-refractivity contribution < 1.29 is 27.5 Å². The molecule has 23 heavy (non-hydrogen) atoms. The van der Waals surface area contributed by atoms with Crippen molar-refractivity contribution in [3.05, 3.63) is 23.9 Å². The van der Waals surface area contributed by atoms with E-state index in [1.165, 1.54) is 18.3 Å². The standard InChI is InChI=1S/C14H16F3N3O3/c15-14(16,17)8-23-11-2-1-10(7-19-11)13(22)20-5-3-9(4-6-20)12(18)21/h1-2,7,9H,3-6,8H2,(H2,18,21). The van der Waals surface area contributed by atoms with E-state index in [0.29, 0.717) is 25.9 Å².